The minimum absolute atomic E-state index is 0.0453. The van der Waals surface area contributed by atoms with E-state index in [9.17, 15) is 9.18 Å². The van der Waals surface area contributed by atoms with Gasteiger partial charge < -0.3 is 5.73 Å². The predicted molar refractivity (Wildman–Crippen MR) is 77.4 cm³/mol. The molecule has 1 aromatic rings. The molecule has 0 radical (unpaired) electrons. The molecule has 2 nitrogen and oxygen atoms in total. The molecule has 0 aromatic heterocycles. The van der Waals surface area contributed by atoms with E-state index in [2.05, 4.69) is 22.9 Å². The Bertz CT molecular complexity index is 491. The molecule has 4 heteroatoms. The number of Topliss-reactive ketones (excluding diaryl/α,β-unsaturated/α-hetero) is 1. The van der Waals surface area contributed by atoms with Crippen molar-refractivity contribution in [1.29, 1.82) is 0 Å². The number of hydrogen-bond acceptors (Lipinski definition) is 2. The zero-order chi connectivity index (χ0) is 14.0. The molecule has 2 rings (SSSR count). The fourth-order valence-corrected chi connectivity index (χ4v) is 3.28. The molecule has 0 saturated heterocycles. The van der Waals surface area contributed by atoms with Gasteiger partial charge in [0.05, 0.1) is 5.54 Å². The molecule has 2 atom stereocenters. The van der Waals surface area contributed by atoms with Gasteiger partial charge in [0.25, 0.3) is 0 Å². The van der Waals surface area contributed by atoms with Crippen molar-refractivity contribution in [1.82, 2.24) is 0 Å². The fraction of sp³-hybridized carbons (Fsp3) is 0.533. The Kier molecular flexibility index (Phi) is 4.41. The van der Waals surface area contributed by atoms with Crippen LogP contribution in [-0.4, -0.2) is 11.3 Å². The van der Waals surface area contributed by atoms with Gasteiger partial charge in [0.2, 0.25) is 0 Å². The van der Waals surface area contributed by atoms with Gasteiger partial charge >= 0.3 is 0 Å². The van der Waals surface area contributed by atoms with Crippen molar-refractivity contribution in [2.24, 2.45) is 11.7 Å². The maximum absolute atomic E-state index is 13.7. The Morgan fingerprint density at radius 1 is 1.58 bits per heavy atom. The Morgan fingerprint density at radius 3 is 3.00 bits per heavy atom. The summed E-state index contributed by atoms with van der Waals surface area (Å²) in [5.74, 6) is 0.0788. The minimum atomic E-state index is -0.771. The van der Waals surface area contributed by atoms with E-state index >= 15 is 0 Å². The zero-order valence-corrected chi connectivity index (χ0v) is 12.7. The summed E-state index contributed by atoms with van der Waals surface area (Å²) in [5.41, 5.74) is 5.89. The molecule has 104 valence electrons. The van der Waals surface area contributed by atoms with Crippen molar-refractivity contribution in [2.75, 3.05) is 0 Å². The lowest BCUT2D eigenvalue weighted by Gasteiger charge is -2.35. The van der Waals surface area contributed by atoms with Crippen LogP contribution in [0.4, 0.5) is 4.39 Å². The molecule has 2 N–H and O–H groups in total. The first-order chi connectivity index (χ1) is 8.90. The second kappa shape index (κ2) is 5.71. The Labute approximate surface area is 121 Å². The highest BCUT2D eigenvalue weighted by Crippen LogP contribution is 2.32. The van der Waals surface area contributed by atoms with Gasteiger partial charge in [-0.25, -0.2) is 4.39 Å². The number of nitrogens with two attached hydrogens (primary N) is 1. The van der Waals surface area contributed by atoms with E-state index in [0.717, 1.165) is 17.3 Å². The molecule has 0 aliphatic heterocycles. The lowest BCUT2D eigenvalue weighted by atomic mass is 9.73. The van der Waals surface area contributed by atoms with Gasteiger partial charge in [-0.2, -0.15) is 0 Å². The van der Waals surface area contributed by atoms with Gasteiger partial charge in [0.15, 0.2) is 5.78 Å². The van der Waals surface area contributed by atoms with Crippen LogP contribution < -0.4 is 5.73 Å². The van der Waals surface area contributed by atoms with Gasteiger partial charge in [-0.3, -0.25) is 4.79 Å². The Balaban J connectivity index is 2.14. The number of halogens is 2. The topological polar surface area (TPSA) is 43.1 Å². The largest absolute Gasteiger partial charge is 0.319 e. The summed E-state index contributed by atoms with van der Waals surface area (Å²) >= 11 is 3.30. The minimum Gasteiger partial charge on any atom is -0.319 e. The number of hydrogen-bond donors (Lipinski definition) is 1. The average Bonchev–Trinajstić information content (AvgIpc) is 2.33. The van der Waals surface area contributed by atoms with Crippen molar-refractivity contribution in [3.63, 3.8) is 0 Å². The van der Waals surface area contributed by atoms with E-state index in [1.807, 2.05) is 0 Å². The number of rotatable bonds is 3. The fourth-order valence-electron chi connectivity index (χ4n) is 2.87. The zero-order valence-electron chi connectivity index (χ0n) is 11.1. The predicted octanol–water partition coefficient (Wildman–Crippen LogP) is 3.61. The monoisotopic (exact) mass is 327 g/mol. The first kappa shape index (κ1) is 14.7. The van der Waals surface area contributed by atoms with Crippen LogP contribution in [0.3, 0.4) is 0 Å². The maximum Gasteiger partial charge on any atom is 0.157 e. The van der Waals surface area contributed by atoms with Crippen LogP contribution in [0.2, 0.25) is 0 Å². The van der Waals surface area contributed by atoms with Crippen molar-refractivity contribution < 1.29 is 9.18 Å². The van der Waals surface area contributed by atoms with E-state index in [1.165, 1.54) is 6.07 Å². The molecule has 0 bridgehead atoms. The molecular formula is C15H19BrFNO. The van der Waals surface area contributed by atoms with Crippen molar-refractivity contribution in [3.8, 4) is 0 Å². The highest BCUT2D eigenvalue weighted by Gasteiger charge is 2.37. The summed E-state index contributed by atoms with van der Waals surface area (Å²) in [6, 6.07) is 4.66. The molecule has 0 amide bonds. The van der Waals surface area contributed by atoms with Crippen molar-refractivity contribution in [2.45, 2.75) is 44.6 Å². The van der Waals surface area contributed by atoms with Gasteiger partial charge in [-0.05, 0) is 42.5 Å². The van der Waals surface area contributed by atoms with Crippen molar-refractivity contribution in [3.05, 3.63) is 34.1 Å². The smallest absolute Gasteiger partial charge is 0.157 e. The number of carbonyl (C=O) groups excluding carboxylic acids is 1. The van der Waals surface area contributed by atoms with E-state index in [1.54, 1.807) is 12.1 Å². The van der Waals surface area contributed by atoms with Crippen LogP contribution in [0.5, 0.6) is 0 Å². The first-order valence-corrected chi connectivity index (χ1v) is 7.46. The maximum atomic E-state index is 13.7. The lowest BCUT2D eigenvalue weighted by Crippen LogP contribution is -2.51. The lowest BCUT2D eigenvalue weighted by molar-refractivity contribution is -0.125. The second-order valence-corrected chi connectivity index (χ2v) is 6.61. The van der Waals surface area contributed by atoms with Crippen LogP contribution in [0.15, 0.2) is 22.7 Å². The van der Waals surface area contributed by atoms with Crippen molar-refractivity contribution >= 4 is 21.7 Å². The number of benzene rings is 1. The number of ketones is 1. The van der Waals surface area contributed by atoms with Crippen LogP contribution >= 0.6 is 15.9 Å². The third-order valence-corrected chi connectivity index (χ3v) is 4.44. The molecule has 19 heavy (non-hydrogen) atoms. The molecular weight excluding hydrogens is 309 g/mol. The van der Waals surface area contributed by atoms with Crippen LogP contribution in [0.1, 0.15) is 38.2 Å². The van der Waals surface area contributed by atoms with E-state index < -0.39 is 5.54 Å². The molecule has 2 unspecified atom stereocenters. The molecule has 1 fully saturated rings. The standard InChI is InChI=1S/C15H19BrFNO/c1-10-3-2-6-15(18,9-10)14(19)8-11-7-12(16)4-5-13(11)17/h4-5,7,10H,2-3,6,8-9,18H2,1H3. The molecule has 1 saturated carbocycles. The van der Waals surface area contributed by atoms with Crippen LogP contribution in [-0.2, 0) is 11.2 Å². The van der Waals surface area contributed by atoms with Gasteiger partial charge in [-0.1, -0.05) is 35.7 Å². The van der Waals surface area contributed by atoms with E-state index in [0.29, 0.717) is 24.3 Å². The molecule has 1 aliphatic carbocycles. The summed E-state index contributed by atoms with van der Waals surface area (Å²) in [6.45, 7) is 2.12. The Morgan fingerprint density at radius 2 is 2.32 bits per heavy atom. The summed E-state index contributed by atoms with van der Waals surface area (Å²) < 4.78 is 14.5. The normalized spacial score (nSPS) is 27.3. The quantitative estimate of drug-likeness (QED) is 0.921. The summed E-state index contributed by atoms with van der Waals surface area (Å²) in [5, 5.41) is 0. The first-order valence-electron chi connectivity index (χ1n) is 6.67. The third kappa shape index (κ3) is 3.42. The summed E-state index contributed by atoms with van der Waals surface area (Å²) in [6.07, 6.45) is 3.60. The third-order valence-electron chi connectivity index (χ3n) is 3.95. The van der Waals surface area contributed by atoms with E-state index in [-0.39, 0.29) is 18.0 Å². The Hall–Kier alpha value is -0.740. The molecule has 1 aliphatic rings. The highest BCUT2D eigenvalue weighted by atomic mass is 79.9. The average molecular weight is 328 g/mol. The van der Waals surface area contributed by atoms with Gasteiger partial charge in [0, 0.05) is 10.9 Å². The second-order valence-electron chi connectivity index (χ2n) is 5.69. The SMILES string of the molecule is CC1CCCC(N)(C(=O)Cc2cc(Br)ccc2F)C1. The highest BCUT2D eigenvalue weighted by molar-refractivity contribution is 9.10. The molecule has 1 aromatic carbocycles. The van der Waals surface area contributed by atoms with Crippen LogP contribution in [0.25, 0.3) is 0 Å². The van der Waals surface area contributed by atoms with Gasteiger partial charge in [-0.15, -0.1) is 0 Å². The summed E-state index contributed by atoms with van der Waals surface area (Å²) in [4.78, 5) is 12.4. The molecule has 0 spiro atoms. The van der Waals surface area contributed by atoms with Crippen LogP contribution in [0, 0.1) is 11.7 Å². The van der Waals surface area contributed by atoms with E-state index in [4.69, 9.17) is 5.73 Å². The summed E-state index contributed by atoms with van der Waals surface area (Å²) in [7, 11) is 0. The number of carbonyl (C=O) groups is 1. The van der Waals surface area contributed by atoms with Gasteiger partial charge in [0.1, 0.15) is 5.82 Å². The molecule has 0 heterocycles.